The molecule has 0 aliphatic heterocycles. The van der Waals surface area contributed by atoms with Crippen molar-refractivity contribution < 1.29 is 18.3 Å². The fourth-order valence-corrected chi connectivity index (χ4v) is 0.904. The molecule has 0 radical (unpaired) electrons. The maximum atomic E-state index is 12.6. The largest absolute Gasteiger partial charge is 0.387 e. The first kappa shape index (κ1) is 10.0. The molecular weight excluding hydrogens is 183 g/mol. The van der Waals surface area contributed by atoms with Gasteiger partial charge in [0, 0.05) is 6.54 Å². The third-order valence-corrected chi connectivity index (χ3v) is 1.61. The van der Waals surface area contributed by atoms with Gasteiger partial charge in [0.25, 0.3) is 0 Å². The van der Waals surface area contributed by atoms with Crippen LogP contribution in [0.25, 0.3) is 0 Å². The van der Waals surface area contributed by atoms with Crippen LogP contribution in [0.4, 0.5) is 13.2 Å². The highest BCUT2D eigenvalue weighted by molar-refractivity contribution is 5.21. The van der Waals surface area contributed by atoms with Crippen molar-refractivity contribution in [3.8, 4) is 0 Å². The van der Waals surface area contributed by atoms with E-state index < -0.39 is 23.6 Å². The van der Waals surface area contributed by atoms with E-state index in [9.17, 15) is 13.2 Å². The second kappa shape index (κ2) is 3.76. The van der Waals surface area contributed by atoms with Crippen LogP contribution in [-0.2, 0) is 0 Å². The lowest BCUT2D eigenvalue weighted by Crippen LogP contribution is -2.12. The van der Waals surface area contributed by atoms with Crippen molar-refractivity contribution >= 4 is 0 Å². The number of nitrogens with two attached hydrogens (primary N) is 1. The molecule has 0 bridgehead atoms. The number of aliphatic hydroxyl groups is 1. The molecule has 0 aromatic heterocycles. The van der Waals surface area contributed by atoms with E-state index in [2.05, 4.69) is 0 Å². The lowest BCUT2D eigenvalue weighted by atomic mass is 10.1. The number of benzene rings is 1. The first-order valence-corrected chi connectivity index (χ1v) is 3.59. The average molecular weight is 191 g/mol. The maximum Gasteiger partial charge on any atom is 0.194 e. The van der Waals surface area contributed by atoms with Crippen LogP contribution in [0.2, 0.25) is 0 Å². The van der Waals surface area contributed by atoms with E-state index in [-0.39, 0.29) is 12.1 Å². The molecule has 72 valence electrons. The molecule has 0 aliphatic rings. The molecule has 1 aromatic carbocycles. The molecule has 1 aromatic rings. The van der Waals surface area contributed by atoms with Gasteiger partial charge in [-0.1, -0.05) is 0 Å². The second-order valence-electron chi connectivity index (χ2n) is 2.55. The van der Waals surface area contributed by atoms with Gasteiger partial charge in [-0.15, -0.1) is 0 Å². The summed E-state index contributed by atoms with van der Waals surface area (Å²) in [5, 5.41) is 9.09. The van der Waals surface area contributed by atoms with Crippen LogP contribution >= 0.6 is 0 Å². The van der Waals surface area contributed by atoms with Gasteiger partial charge in [-0.2, -0.15) is 0 Å². The van der Waals surface area contributed by atoms with E-state index in [0.29, 0.717) is 0 Å². The predicted octanol–water partition coefficient (Wildman–Crippen LogP) is 1.10. The van der Waals surface area contributed by atoms with Crippen LogP contribution in [0.15, 0.2) is 12.1 Å². The van der Waals surface area contributed by atoms with Crippen LogP contribution in [-0.4, -0.2) is 11.7 Å². The summed E-state index contributed by atoms with van der Waals surface area (Å²) in [6, 6.07) is 1.44. The van der Waals surface area contributed by atoms with Gasteiger partial charge in [0.2, 0.25) is 0 Å². The van der Waals surface area contributed by atoms with Crippen molar-refractivity contribution in [2.45, 2.75) is 6.10 Å². The van der Waals surface area contributed by atoms with Crippen molar-refractivity contribution in [1.29, 1.82) is 0 Å². The molecule has 5 heteroatoms. The summed E-state index contributed by atoms with van der Waals surface area (Å²) >= 11 is 0. The van der Waals surface area contributed by atoms with Crippen molar-refractivity contribution in [3.63, 3.8) is 0 Å². The Morgan fingerprint density at radius 2 is 1.69 bits per heavy atom. The Kier molecular flexibility index (Phi) is 2.90. The standard InChI is InChI=1S/C8H8F3NO/c9-5-1-4(7(13)3-12)2-6(10)8(5)11/h1-2,7,13H,3,12H2. The molecule has 0 spiro atoms. The van der Waals surface area contributed by atoms with Gasteiger partial charge in [-0.25, -0.2) is 13.2 Å². The van der Waals surface area contributed by atoms with Crippen LogP contribution in [0.1, 0.15) is 11.7 Å². The lowest BCUT2D eigenvalue weighted by Gasteiger charge is -2.08. The highest BCUT2D eigenvalue weighted by Gasteiger charge is 2.14. The quantitative estimate of drug-likeness (QED) is 0.687. The zero-order chi connectivity index (χ0) is 10.0. The molecule has 0 aliphatic carbocycles. The fraction of sp³-hybridized carbons (Fsp3) is 0.250. The Bertz CT molecular complexity index is 293. The van der Waals surface area contributed by atoms with Crippen molar-refractivity contribution in [2.75, 3.05) is 6.54 Å². The molecular formula is C8H8F3NO. The van der Waals surface area contributed by atoms with Crippen LogP contribution in [0, 0.1) is 17.5 Å². The Morgan fingerprint density at radius 3 is 2.08 bits per heavy atom. The smallest absolute Gasteiger partial charge is 0.194 e. The van der Waals surface area contributed by atoms with E-state index in [1.807, 2.05) is 0 Å². The number of aliphatic hydroxyl groups excluding tert-OH is 1. The molecule has 0 fully saturated rings. The molecule has 1 rings (SSSR count). The minimum atomic E-state index is -1.55. The van der Waals surface area contributed by atoms with Crippen molar-refractivity contribution in [1.82, 2.24) is 0 Å². The van der Waals surface area contributed by atoms with E-state index in [1.165, 1.54) is 0 Å². The highest BCUT2D eigenvalue weighted by atomic mass is 19.2. The SMILES string of the molecule is NCC(O)c1cc(F)c(F)c(F)c1. The molecule has 0 heterocycles. The van der Waals surface area contributed by atoms with Crippen LogP contribution < -0.4 is 5.73 Å². The minimum Gasteiger partial charge on any atom is -0.387 e. The molecule has 0 amide bonds. The molecule has 0 saturated carbocycles. The summed E-state index contributed by atoms with van der Waals surface area (Å²) in [6.07, 6.45) is -1.18. The molecule has 0 saturated heterocycles. The van der Waals surface area contributed by atoms with Gasteiger partial charge >= 0.3 is 0 Å². The van der Waals surface area contributed by atoms with Crippen LogP contribution in [0.3, 0.4) is 0 Å². The zero-order valence-corrected chi connectivity index (χ0v) is 6.60. The average Bonchev–Trinajstić information content (AvgIpc) is 2.12. The minimum absolute atomic E-state index is 0.0705. The monoisotopic (exact) mass is 191 g/mol. The van der Waals surface area contributed by atoms with Crippen molar-refractivity contribution in [3.05, 3.63) is 35.1 Å². The predicted molar refractivity (Wildman–Crippen MR) is 40.3 cm³/mol. The summed E-state index contributed by atoms with van der Waals surface area (Å²) in [6.45, 7) is -0.176. The molecule has 3 N–H and O–H groups in total. The van der Waals surface area contributed by atoms with Gasteiger partial charge in [0.15, 0.2) is 17.5 Å². The van der Waals surface area contributed by atoms with Gasteiger partial charge < -0.3 is 10.8 Å². The van der Waals surface area contributed by atoms with Gasteiger partial charge in [-0.3, -0.25) is 0 Å². The maximum absolute atomic E-state index is 12.6. The molecule has 13 heavy (non-hydrogen) atoms. The van der Waals surface area contributed by atoms with E-state index in [0.717, 1.165) is 12.1 Å². The zero-order valence-electron chi connectivity index (χ0n) is 6.60. The molecule has 1 unspecified atom stereocenters. The van der Waals surface area contributed by atoms with Gasteiger partial charge in [0.05, 0.1) is 6.10 Å². The Hall–Kier alpha value is -1.07. The van der Waals surface area contributed by atoms with Crippen LogP contribution in [0.5, 0.6) is 0 Å². The van der Waals surface area contributed by atoms with Gasteiger partial charge in [-0.05, 0) is 17.7 Å². The summed E-state index contributed by atoms with van der Waals surface area (Å²) in [5.74, 6) is -4.21. The van der Waals surface area contributed by atoms with E-state index >= 15 is 0 Å². The van der Waals surface area contributed by atoms with E-state index in [4.69, 9.17) is 10.8 Å². The summed E-state index contributed by atoms with van der Waals surface area (Å²) in [4.78, 5) is 0. The van der Waals surface area contributed by atoms with Crippen molar-refractivity contribution in [2.24, 2.45) is 5.73 Å². The highest BCUT2D eigenvalue weighted by Crippen LogP contribution is 2.18. The molecule has 1 atom stereocenters. The lowest BCUT2D eigenvalue weighted by molar-refractivity contribution is 0.185. The van der Waals surface area contributed by atoms with Gasteiger partial charge in [0.1, 0.15) is 0 Å². The third kappa shape index (κ3) is 1.99. The van der Waals surface area contributed by atoms with E-state index in [1.54, 1.807) is 0 Å². The molecule has 2 nitrogen and oxygen atoms in total. The summed E-state index contributed by atoms with van der Waals surface area (Å²) < 4.78 is 37.6. The summed E-state index contributed by atoms with van der Waals surface area (Å²) in [5.41, 5.74) is 4.98. The summed E-state index contributed by atoms with van der Waals surface area (Å²) in [7, 11) is 0. The normalized spacial score (nSPS) is 13.0. The Labute approximate surface area is 72.8 Å². The fourth-order valence-electron chi connectivity index (χ4n) is 0.904. The second-order valence-corrected chi connectivity index (χ2v) is 2.55. The topological polar surface area (TPSA) is 46.2 Å². The Morgan fingerprint density at radius 1 is 1.23 bits per heavy atom. The number of hydrogen-bond acceptors (Lipinski definition) is 2. The number of rotatable bonds is 2. The number of halogens is 3. The third-order valence-electron chi connectivity index (χ3n) is 1.61. The first-order valence-electron chi connectivity index (χ1n) is 3.59. The Balaban J connectivity index is 3.13. The first-order chi connectivity index (χ1) is 6.06. The number of hydrogen-bond donors (Lipinski definition) is 2.